The smallest absolute Gasteiger partial charge is 0.330 e. The van der Waals surface area contributed by atoms with Crippen LogP contribution >= 0.6 is 0 Å². The van der Waals surface area contributed by atoms with E-state index in [1.807, 2.05) is 20.8 Å². The fourth-order valence-corrected chi connectivity index (χ4v) is 1.11. The molecule has 0 aliphatic rings. The van der Waals surface area contributed by atoms with E-state index in [1.165, 1.54) is 13.2 Å². The van der Waals surface area contributed by atoms with Crippen molar-refractivity contribution in [2.24, 2.45) is 5.41 Å². The van der Waals surface area contributed by atoms with Crippen molar-refractivity contribution in [2.45, 2.75) is 46.1 Å². The van der Waals surface area contributed by atoms with Gasteiger partial charge in [0.1, 0.15) is 0 Å². The molecule has 0 rings (SSSR count). The molecule has 0 spiro atoms. The van der Waals surface area contributed by atoms with E-state index < -0.39 is 5.60 Å². The van der Waals surface area contributed by atoms with Crippen LogP contribution in [0.1, 0.15) is 40.5 Å². The van der Waals surface area contributed by atoms with Crippen molar-refractivity contribution < 1.29 is 14.6 Å². The Bertz CT molecular complexity index is 239. The number of carbonyl (C=O) groups is 1. The van der Waals surface area contributed by atoms with Gasteiger partial charge in [-0.2, -0.15) is 0 Å². The highest BCUT2D eigenvalue weighted by atomic mass is 16.5. The van der Waals surface area contributed by atoms with Gasteiger partial charge in [-0.25, -0.2) is 4.79 Å². The zero-order valence-electron chi connectivity index (χ0n) is 10.3. The number of ether oxygens (including phenoxy) is 1. The molecule has 1 atom stereocenters. The number of methoxy groups -OCH3 is 1. The summed E-state index contributed by atoms with van der Waals surface area (Å²) in [5, 5.41) is 10.2. The van der Waals surface area contributed by atoms with Gasteiger partial charge in [0, 0.05) is 6.08 Å². The summed E-state index contributed by atoms with van der Waals surface area (Å²) in [7, 11) is 1.33. The van der Waals surface area contributed by atoms with Crippen molar-refractivity contribution in [2.75, 3.05) is 7.11 Å². The minimum Gasteiger partial charge on any atom is -0.466 e. The molecule has 0 fully saturated rings. The van der Waals surface area contributed by atoms with E-state index in [0.717, 1.165) is 6.42 Å². The second-order valence-corrected chi connectivity index (χ2v) is 4.64. The molecular weight excluding hydrogens is 192 g/mol. The predicted molar refractivity (Wildman–Crippen MR) is 60.5 cm³/mol. The molecule has 0 aromatic rings. The molecule has 0 aromatic heterocycles. The maximum atomic E-state index is 10.8. The first-order valence-corrected chi connectivity index (χ1v) is 5.23. The monoisotopic (exact) mass is 214 g/mol. The molecule has 1 unspecified atom stereocenters. The second kappa shape index (κ2) is 5.31. The molecule has 0 bridgehead atoms. The molecule has 0 amide bonds. The number of esters is 1. The lowest BCUT2D eigenvalue weighted by Gasteiger charge is -2.39. The van der Waals surface area contributed by atoms with Gasteiger partial charge >= 0.3 is 5.97 Å². The molecule has 3 nitrogen and oxygen atoms in total. The fourth-order valence-electron chi connectivity index (χ4n) is 1.11. The van der Waals surface area contributed by atoms with Gasteiger partial charge in [0.25, 0.3) is 0 Å². The maximum absolute atomic E-state index is 10.8. The molecule has 0 heterocycles. The van der Waals surface area contributed by atoms with Gasteiger partial charge in [-0.15, -0.1) is 0 Å². The third kappa shape index (κ3) is 4.04. The van der Waals surface area contributed by atoms with Crippen LogP contribution in [0.3, 0.4) is 0 Å². The van der Waals surface area contributed by atoms with Crippen LogP contribution in [0.2, 0.25) is 0 Å². The highest BCUT2D eigenvalue weighted by molar-refractivity contribution is 5.81. The van der Waals surface area contributed by atoms with Gasteiger partial charge in [0.15, 0.2) is 0 Å². The Morgan fingerprint density at radius 1 is 1.40 bits per heavy atom. The first-order valence-electron chi connectivity index (χ1n) is 5.23. The first kappa shape index (κ1) is 14.2. The van der Waals surface area contributed by atoms with Crippen LogP contribution < -0.4 is 0 Å². The molecule has 3 heteroatoms. The van der Waals surface area contributed by atoms with Crippen LogP contribution in [0.4, 0.5) is 0 Å². The lowest BCUT2D eigenvalue weighted by atomic mass is 9.72. The van der Waals surface area contributed by atoms with Gasteiger partial charge in [-0.3, -0.25) is 0 Å². The quantitative estimate of drug-likeness (QED) is 0.564. The molecule has 15 heavy (non-hydrogen) atoms. The Morgan fingerprint density at radius 2 is 1.93 bits per heavy atom. The number of hydrogen-bond donors (Lipinski definition) is 1. The minimum atomic E-state index is -0.813. The van der Waals surface area contributed by atoms with Gasteiger partial charge < -0.3 is 9.84 Å². The molecule has 0 radical (unpaired) electrons. The van der Waals surface area contributed by atoms with Gasteiger partial charge in [0.2, 0.25) is 0 Å². The van der Waals surface area contributed by atoms with Crippen LogP contribution in [0.25, 0.3) is 0 Å². The van der Waals surface area contributed by atoms with Gasteiger partial charge in [-0.1, -0.05) is 26.8 Å². The summed E-state index contributed by atoms with van der Waals surface area (Å²) in [5.74, 6) is -0.389. The summed E-state index contributed by atoms with van der Waals surface area (Å²) in [6, 6.07) is 0. The van der Waals surface area contributed by atoms with E-state index in [2.05, 4.69) is 4.74 Å². The van der Waals surface area contributed by atoms with E-state index in [4.69, 9.17) is 0 Å². The maximum Gasteiger partial charge on any atom is 0.330 e. The molecular formula is C12H22O3. The molecule has 0 saturated carbocycles. The largest absolute Gasteiger partial charge is 0.466 e. The van der Waals surface area contributed by atoms with E-state index in [1.54, 1.807) is 13.0 Å². The SMILES string of the molecule is CCC(C)(C)C(C)(O)CC=CC(=O)OC. The van der Waals surface area contributed by atoms with Crippen LogP contribution in [-0.2, 0) is 9.53 Å². The zero-order chi connectivity index (χ0) is 12.1. The molecule has 0 aliphatic carbocycles. The van der Waals surface area contributed by atoms with Crippen molar-refractivity contribution in [1.82, 2.24) is 0 Å². The highest BCUT2D eigenvalue weighted by Gasteiger charge is 2.36. The average Bonchev–Trinajstić information content (AvgIpc) is 2.16. The molecule has 0 saturated heterocycles. The van der Waals surface area contributed by atoms with Crippen molar-refractivity contribution >= 4 is 5.97 Å². The van der Waals surface area contributed by atoms with Crippen molar-refractivity contribution in [3.05, 3.63) is 12.2 Å². The Kier molecular flexibility index (Phi) is 5.01. The number of carbonyl (C=O) groups excluding carboxylic acids is 1. The summed E-state index contributed by atoms with van der Waals surface area (Å²) in [4.78, 5) is 10.8. The lowest BCUT2D eigenvalue weighted by Crippen LogP contribution is -2.40. The summed E-state index contributed by atoms with van der Waals surface area (Å²) < 4.78 is 4.47. The molecule has 88 valence electrons. The Morgan fingerprint density at radius 3 is 2.33 bits per heavy atom. The summed E-state index contributed by atoms with van der Waals surface area (Å²) in [5.41, 5.74) is -0.986. The van der Waals surface area contributed by atoms with E-state index in [0.29, 0.717) is 6.42 Å². The van der Waals surface area contributed by atoms with Crippen LogP contribution in [0, 0.1) is 5.41 Å². The van der Waals surface area contributed by atoms with E-state index >= 15 is 0 Å². The predicted octanol–water partition coefficient (Wildman–Crippen LogP) is 2.29. The van der Waals surface area contributed by atoms with Crippen molar-refractivity contribution in [3.8, 4) is 0 Å². The standard InChI is InChI=1S/C12H22O3/c1-6-11(2,3)12(4,14)9-7-8-10(13)15-5/h7-8,14H,6,9H2,1-5H3. The van der Waals surface area contributed by atoms with Crippen LogP contribution in [-0.4, -0.2) is 23.8 Å². The molecule has 0 aliphatic heterocycles. The minimum absolute atomic E-state index is 0.173. The highest BCUT2D eigenvalue weighted by Crippen LogP contribution is 2.36. The van der Waals surface area contributed by atoms with Crippen LogP contribution in [0.5, 0.6) is 0 Å². The molecule has 0 aromatic carbocycles. The normalized spacial score (nSPS) is 16.4. The van der Waals surface area contributed by atoms with Crippen molar-refractivity contribution in [1.29, 1.82) is 0 Å². The fraction of sp³-hybridized carbons (Fsp3) is 0.750. The molecule has 1 N–H and O–H groups in total. The summed E-state index contributed by atoms with van der Waals surface area (Å²) >= 11 is 0. The average molecular weight is 214 g/mol. The lowest BCUT2D eigenvalue weighted by molar-refractivity contribution is -0.134. The van der Waals surface area contributed by atoms with Gasteiger partial charge in [-0.05, 0) is 25.2 Å². The number of rotatable bonds is 5. The van der Waals surface area contributed by atoms with Crippen molar-refractivity contribution in [3.63, 3.8) is 0 Å². The second-order valence-electron chi connectivity index (χ2n) is 4.64. The number of aliphatic hydroxyl groups is 1. The summed E-state index contributed by atoms with van der Waals surface area (Å²) in [6.45, 7) is 7.86. The third-order valence-corrected chi connectivity index (χ3v) is 3.31. The summed E-state index contributed by atoms with van der Waals surface area (Å²) in [6.07, 6.45) is 4.33. The number of hydrogen-bond acceptors (Lipinski definition) is 3. The van der Waals surface area contributed by atoms with E-state index in [9.17, 15) is 9.90 Å². The Balaban J connectivity index is 4.39. The topological polar surface area (TPSA) is 46.5 Å². The van der Waals surface area contributed by atoms with Crippen LogP contribution in [0.15, 0.2) is 12.2 Å². The third-order valence-electron chi connectivity index (χ3n) is 3.31. The zero-order valence-corrected chi connectivity index (χ0v) is 10.3. The van der Waals surface area contributed by atoms with Gasteiger partial charge in [0.05, 0.1) is 12.7 Å². The first-order chi connectivity index (χ1) is 6.77. The van der Waals surface area contributed by atoms with E-state index in [-0.39, 0.29) is 11.4 Å². The Labute approximate surface area is 92.1 Å². The Hall–Kier alpha value is -0.830.